The molecule has 3 rings (SSSR count). The third-order valence-electron chi connectivity index (χ3n) is 2.88. The van der Waals surface area contributed by atoms with Gasteiger partial charge in [-0.25, -0.2) is 0 Å². The Morgan fingerprint density at radius 2 is 1.67 bits per heavy atom. The zero-order valence-corrected chi connectivity index (χ0v) is 9.78. The predicted molar refractivity (Wildman–Crippen MR) is 72.8 cm³/mol. The van der Waals surface area contributed by atoms with Crippen molar-refractivity contribution in [3.05, 3.63) is 54.6 Å². The van der Waals surface area contributed by atoms with Crippen LogP contribution in [0.3, 0.4) is 0 Å². The van der Waals surface area contributed by atoms with Gasteiger partial charge in [-0.3, -0.25) is 14.7 Å². The van der Waals surface area contributed by atoms with Crippen LogP contribution in [-0.4, -0.2) is 12.1 Å². The molecule has 0 aromatic heterocycles. The molecule has 0 fully saturated rings. The minimum absolute atomic E-state index is 0.0369. The molecule has 88 valence electrons. The first-order valence-corrected chi connectivity index (χ1v) is 5.86. The van der Waals surface area contributed by atoms with E-state index in [-0.39, 0.29) is 5.91 Å². The number of carbonyl (C=O) groups is 1. The normalized spacial score (nSPS) is 14.2. The Bertz CT molecular complexity index is 605. The molecule has 0 N–H and O–H groups in total. The van der Waals surface area contributed by atoms with E-state index in [2.05, 4.69) is 4.99 Å². The fourth-order valence-electron chi connectivity index (χ4n) is 2.07. The second kappa shape index (κ2) is 4.45. The van der Waals surface area contributed by atoms with Crippen molar-refractivity contribution in [2.45, 2.75) is 6.42 Å². The number of aliphatic imine (C=N–C) groups is 1. The van der Waals surface area contributed by atoms with E-state index in [0.717, 1.165) is 17.1 Å². The lowest BCUT2D eigenvalue weighted by molar-refractivity contribution is -0.116. The molecule has 0 unspecified atom stereocenters. The van der Waals surface area contributed by atoms with Gasteiger partial charge in [-0.1, -0.05) is 30.3 Å². The number of para-hydroxylation sites is 3. The minimum Gasteiger partial charge on any atom is -0.279 e. The van der Waals surface area contributed by atoms with Gasteiger partial charge < -0.3 is 0 Å². The summed E-state index contributed by atoms with van der Waals surface area (Å²) in [5.74, 6) is 0.0369. The maximum Gasteiger partial charge on any atom is 0.236 e. The molecule has 2 aromatic carbocycles. The highest BCUT2D eigenvalue weighted by molar-refractivity contribution is 6.09. The van der Waals surface area contributed by atoms with Gasteiger partial charge in [0.1, 0.15) is 0 Å². The Balaban J connectivity index is 2.17. The Kier molecular flexibility index (Phi) is 2.65. The number of nitrogens with zero attached hydrogens (tertiary/aromatic N) is 2. The maximum absolute atomic E-state index is 12.2. The van der Waals surface area contributed by atoms with Crippen LogP contribution in [-0.2, 0) is 4.79 Å². The lowest BCUT2D eigenvalue weighted by atomic mass is 10.2. The number of carbonyl (C=O) groups excluding carboxylic acids is 1. The molecule has 0 aliphatic carbocycles. The van der Waals surface area contributed by atoms with Gasteiger partial charge in [0.05, 0.1) is 17.8 Å². The molecule has 0 radical (unpaired) electrons. The van der Waals surface area contributed by atoms with Crippen LogP contribution in [0.2, 0.25) is 0 Å². The summed E-state index contributed by atoms with van der Waals surface area (Å²) in [4.78, 5) is 18.3. The fraction of sp³-hybridized carbons (Fsp3) is 0.0667. The van der Waals surface area contributed by atoms with Gasteiger partial charge in [0.2, 0.25) is 5.91 Å². The van der Waals surface area contributed by atoms with E-state index in [0.29, 0.717) is 6.42 Å². The molecule has 0 saturated heterocycles. The molecule has 1 amide bonds. The van der Waals surface area contributed by atoms with Crippen LogP contribution < -0.4 is 4.90 Å². The molecule has 0 bridgehead atoms. The lowest BCUT2D eigenvalue weighted by Gasteiger charge is -2.22. The van der Waals surface area contributed by atoms with Crippen molar-refractivity contribution in [2.75, 3.05) is 4.90 Å². The fourth-order valence-corrected chi connectivity index (χ4v) is 2.07. The molecule has 3 nitrogen and oxygen atoms in total. The molecule has 1 aliphatic heterocycles. The van der Waals surface area contributed by atoms with Crippen LogP contribution in [0, 0.1) is 0 Å². The average molecular weight is 236 g/mol. The topological polar surface area (TPSA) is 32.7 Å². The molecule has 0 saturated carbocycles. The van der Waals surface area contributed by atoms with E-state index < -0.39 is 0 Å². The standard InChI is InChI=1S/C15H12N2O/c18-15-10-11-16-13-8-4-5-9-14(13)17(15)12-6-2-1-3-7-12/h1-9,11H,10H2. The quantitative estimate of drug-likeness (QED) is 0.746. The molecular weight excluding hydrogens is 224 g/mol. The summed E-state index contributed by atoms with van der Waals surface area (Å²) in [6.07, 6.45) is 1.99. The van der Waals surface area contributed by atoms with Crippen LogP contribution in [0.5, 0.6) is 0 Å². The monoisotopic (exact) mass is 236 g/mol. The molecule has 2 aromatic rings. The van der Waals surface area contributed by atoms with Gasteiger partial charge in [-0.15, -0.1) is 0 Å². The van der Waals surface area contributed by atoms with Crippen LogP contribution in [0.4, 0.5) is 17.1 Å². The summed E-state index contributed by atoms with van der Waals surface area (Å²) in [5.41, 5.74) is 2.54. The first-order valence-electron chi connectivity index (χ1n) is 5.86. The van der Waals surface area contributed by atoms with Gasteiger partial charge in [0.15, 0.2) is 0 Å². The summed E-state index contributed by atoms with van der Waals surface area (Å²) < 4.78 is 0. The summed E-state index contributed by atoms with van der Waals surface area (Å²) in [5, 5.41) is 0. The average Bonchev–Trinajstić information content (AvgIpc) is 2.58. The van der Waals surface area contributed by atoms with Crippen molar-refractivity contribution in [1.82, 2.24) is 0 Å². The molecule has 3 heteroatoms. The van der Waals surface area contributed by atoms with E-state index in [4.69, 9.17) is 0 Å². The number of anilines is 2. The smallest absolute Gasteiger partial charge is 0.236 e. The van der Waals surface area contributed by atoms with E-state index in [9.17, 15) is 4.79 Å². The highest BCUT2D eigenvalue weighted by atomic mass is 16.2. The minimum atomic E-state index is 0.0369. The van der Waals surface area contributed by atoms with Crippen molar-refractivity contribution < 1.29 is 4.79 Å². The SMILES string of the molecule is O=C1CC=Nc2ccccc2N1c1ccccc1. The summed E-state index contributed by atoms with van der Waals surface area (Å²) in [6.45, 7) is 0. The number of hydrogen-bond donors (Lipinski definition) is 0. The van der Waals surface area contributed by atoms with Crippen molar-refractivity contribution in [2.24, 2.45) is 4.99 Å². The maximum atomic E-state index is 12.2. The van der Waals surface area contributed by atoms with Crippen molar-refractivity contribution in [3.63, 3.8) is 0 Å². The van der Waals surface area contributed by atoms with E-state index in [1.54, 1.807) is 11.1 Å². The van der Waals surface area contributed by atoms with Gasteiger partial charge in [0, 0.05) is 11.9 Å². The van der Waals surface area contributed by atoms with Crippen LogP contribution in [0.25, 0.3) is 0 Å². The Hall–Kier alpha value is -2.42. The van der Waals surface area contributed by atoms with Crippen LogP contribution in [0.1, 0.15) is 6.42 Å². The van der Waals surface area contributed by atoms with E-state index >= 15 is 0 Å². The third kappa shape index (κ3) is 1.80. The van der Waals surface area contributed by atoms with Gasteiger partial charge >= 0.3 is 0 Å². The number of fused-ring (bicyclic) bond motifs is 1. The largest absolute Gasteiger partial charge is 0.279 e. The Morgan fingerprint density at radius 1 is 0.944 bits per heavy atom. The van der Waals surface area contributed by atoms with E-state index in [1.807, 2.05) is 54.6 Å². The first kappa shape index (κ1) is 10.7. The van der Waals surface area contributed by atoms with Gasteiger partial charge in [-0.05, 0) is 24.3 Å². The summed E-state index contributed by atoms with van der Waals surface area (Å²) in [7, 11) is 0. The third-order valence-corrected chi connectivity index (χ3v) is 2.88. The lowest BCUT2D eigenvalue weighted by Crippen LogP contribution is -2.24. The summed E-state index contributed by atoms with van der Waals surface area (Å²) >= 11 is 0. The van der Waals surface area contributed by atoms with Crippen LogP contribution >= 0.6 is 0 Å². The van der Waals surface area contributed by atoms with Crippen LogP contribution in [0.15, 0.2) is 59.6 Å². The van der Waals surface area contributed by atoms with E-state index in [1.165, 1.54) is 0 Å². The summed E-state index contributed by atoms with van der Waals surface area (Å²) in [6, 6.07) is 17.3. The Labute approximate surface area is 105 Å². The first-order chi connectivity index (χ1) is 8.86. The molecule has 1 heterocycles. The molecule has 18 heavy (non-hydrogen) atoms. The highest BCUT2D eigenvalue weighted by Gasteiger charge is 2.21. The number of amides is 1. The van der Waals surface area contributed by atoms with Crippen molar-refractivity contribution in [1.29, 1.82) is 0 Å². The van der Waals surface area contributed by atoms with Gasteiger partial charge in [-0.2, -0.15) is 0 Å². The highest BCUT2D eigenvalue weighted by Crippen LogP contribution is 2.35. The number of rotatable bonds is 1. The molecule has 0 atom stereocenters. The Morgan fingerprint density at radius 3 is 2.50 bits per heavy atom. The molecular formula is C15H12N2O. The zero-order valence-electron chi connectivity index (χ0n) is 9.78. The predicted octanol–water partition coefficient (Wildman–Crippen LogP) is 3.46. The second-order valence-corrected chi connectivity index (χ2v) is 4.07. The molecule has 1 aliphatic rings. The number of benzene rings is 2. The van der Waals surface area contributed by atoms with Gasteiger partial charge in [0.25, 0.3) is 0 Å². The second-order valence-electron chi connectivity index (χ2n) is 4.07. The van der Waals surface area contributed by atoms with Crippen molar-refractivity contribution in [3.8, 4) is 0 Å². The zero-order chi connectivity index (χ0) is 12.4. The number of hydrogen-bond acceptors (Lipinski definition) is 2. The van der Waals surface area contributed by atoms with Crippen molar-refractivity contribution >= 4 is 29.2 Å². The molecule has 0 spiro atoms.